The summed E-state index contributed by atoms with van der Waals surface area (Å²) in [6.07, 6.45) is 1.57. The molecule has 1 amide bonds. The van der Waals surface area contributed by atoms with Gasteiger partial charge in [0.05, 0.1) is 0 Å². The lowest BCUT2D eigenvalue weighted by atomic mass is 10.2. The first-order valence-electron chi connectivity index (χ1n) is 7.16. The van der Waals surface area contributed by atoms with Gasteiger partial charge in [0.25, 0.3) is 5.91 Å². The summed E-state index contributed by atoms with van der Waals surface area (Å²) in [6.45, 7) is 0. The number of pyridine rings is 1. The van der Waals surface area contributed by atoms with E-state index in [9.17, 15) is 4.79 Å². The van der Waals surface area contributed by atoms with Crippen molar-refractivity contribution in [1.82, 2.24) is 4.98 Å². The third kappa shape index (κ3) is 4.25. The third-order valence-electron chi connectivity index (χ3n) is 3.22. The molecule has 6 heteroatoms. The molecule has 0 aliphatic rings. The van der Waals surface area contributed by atoms with E-state index in [0.717, 1.165) is 5.69 Å². The van der Waals surface area contributed by atoms with E-state index >= 15 is 0 Å². The number of anilines is 3. The molecule has 0 fully saturated rings. The number of nitrogens with zero attached hydrogens (tertiary/aromatic N) is 1. The van der Waals surface area contributed by atoms with Crippen LogP contribution in [-0.2, 0) is 0 Å². The minimum Gasteiger partial charge on any atom is -0.340 e. The molecule has 0 aliphatic heterocycles. The van der Waals surface area contributed by atoms with E-state index in [0.29, 0.717) is 27.1 Å². The number of nitrogens with one attached hydrogen (secondary N) is 2. The maximum absolute atomic E-state index is 12.3. The first-order chi connectivity index (χ1) is 11.6. The molecule has 0 atom stereocenters. The Labute approximate surface area is 149 Å². The smallest absolute Gasteiger partial charge is 0.255 e. The molecule has 4 nitrogen and oxygen atoms in total. The molecule has 3 rings (SSSR count). The maximum Gasteiger partial charge on any atom is 0.255 e. The van der Waals surface area contributed by atoms with Gasteiger partial charge in [-0.3, -0.25) is 4.79 Å². The van der Waals surface area contributed by atoms with Gasteiger partial charge >= 0.3 is 0 Å². The second-order valence-corrected chi connectivity index (χ2v) is 5.90. The van der Waals surface area contributed by atoms with Crippen molar-refractivity contribution in [1.29, 1.82) is 0 Å². The monoisotopic (exact) mass is 357 g/mol. The van der Waals surface area contributed by atoms with Gasteiger partial charge in [-0.1, -0.05) is 29.3 Å². The molecule has 0 saturated heterocycles. The summed E-state index contributed by atoms with van der Waals surface area (Å²) in [6, 6.07) is 17.5. The number of aromatic nitrogens is 1. The summed E-state index contributed by atoms with van der Waals surface area (Å²) in [7, 11) is 0. The minimum atomic E-state index is -0.228. The van der Waals surface area contributed by atoms with Gasteiger partial charge in [-0.05, 0) is 54.6 Å². The van der Waals surface area contributed by atoms with Crippen molar-refractivity contribution in [3.63, 3.8) is 0 Å². The van der Waals surface area contributed by atoms with Crippen LogP contribution in [0.1, 0.15) is 10.4 Å². The highest BCUT2D eigenvalue weighted by molar-refractivity contribution is 6.31. The SMILES string of the molecule is O=C(Nc1ccc(Cl)cc1)c1ccnc(Nc2cccc(Cl)c2)c1. The lowest BCUT2D eigenvalue weighted by molar-refractivity contribution is 0.102. The van der Waals surface area contributed by atoms with Crippen LogP contribution in [-0.4, -0.2) is 10.9 Å². The molecule has 120 valence electrons. The summed E-state index contributed by atoms with van der Waals surface area (Å²) in [5, 5.41) is 7.17. The predicted molar refractivity (Wildman–Crippen MR) is 98.4 cm³/mol. The number of rotatable bonds is 4. The number of benzene rings is 2. The quantitative estimate of drug-likeness (QED) is 0.658. The van der Waals surface area contributed by atoms with Gasteiger partial charge in [-0.2, -0.15) is 0 Å². The molecule has 0 spiro atoms. The Bertz CT molecular complexity index is 866. The predicted octanol–water partition coefficient (Wildman–Crippen LogP) is 5.38. The van der Waals surface area contributed by atoms with Crippen molar-refractivity contribution in [2.24, 2.45) is 0 Å². The van der Waals surface area contributed by atoms with Crippen LogP contribution in [0.25, 0.3) is 0 Å². The van der Waals surface area contributed by atoms with Crippen molar-refractivity contribution in [3.8, 4) is 0 Å². The van der Waals surface area contributed by atoms with E-state index in [2.05, 4.69) is 15.6 Å². The van der Waals surface area contributed by atoms with Crippen molar-refractivity contribution in [2.75, 3.05) is 10.6 Å². The van der Waals surface area contributed by atoms with Crippen LogP contribution in [0.2, 0.25) is 10.0 Å². The average Bonchev–Trinajstić information content (AvgIpc) is 2.57. The zero-order chi connectivity index (χ0) is 16.9. The molecule has 2 aromatic carbocycles. The minimum absolute atomic E-state index is 0.228. The van der Waals surface area contributed by atoms with Crippen LogP contribution in [0.4, 0.5) is 17.2 Å². The molecule has 0 unspecified atom stereocenters. The summed E-state index contributed by atoms with van der Waals surface area (Å²) in [5.74, 6) is 0.329. The van der Waals surface area contributed by atoms with Crippen LogP contribution < -0.4 is 10.6 Å². The lowest BCUT2D eigenvalue weighted by Crippen LogP contribution is -2.12. The maximum atomic E-state index is 12.3. The van der Waals surface area contributed by atoms with Gasteiger partial charge in [0.2, 0.25) is 0 Å². The van der Waals surface area contributed by atoms with Crippen LogP contribution >= 0.6 is 23.2 Å². The molecule has 3 aromatic rings. The number of carbonyl (C=O) groups excluding carboxylic acids is 1. The third-order valence-corrected chi connectivity index (χ3v) is 3.71. The van der Waals surface area contributed by atoms with Crippen LogP contribution in [0, 0.1) is 0 Å². The Kier molecular flexibility index (Phi) is 4.99. The van der Waals surface area contributed by atoms with Crippen LogP contribution in [0.5, 0.6) is 0 Å². The Hall–Kier alpha value is -2.56. The standard InChI is InChI=1S/C18H13Cl2N3O/c19-13-4-6-15(7-5-13)23-18(24)12-8-9-21-17(10-12)22-16-3-1-2-14(20)11-16/h1-11H,(H,21,22)(H,23,24). The number of halogens is 2. The molecule has 2 N–H and O–H groups in total. The molecule has 1 heterocycles. The first-order valence-corrected chi connectivity index (χ1v) is 7.91. The van der Waals surface area contributed by atoms with Crippen molar-refractivity contribution >= 4 is 46.3 Å². The highest BCUT2D eigenvalue weighted by Crippen LogP contribution is 2.20. The van der Waals surface area contributed by atoms with Gasteiger partial charge in [0.15, 0.2) is 0 Å². The molecule has 0 radical (unpaired) electrons. The van der Waals surface area contributed by atoms with Gasteiger partial charge in [0, 0.05) is 33.2 Å². The van der Waals surface area contributed by atoms with Crippen molar-refractivity contribution in [2.45, 2.75) is 0 Å². The van der Waals surface area contributed by atoms with E-state index in [1.165, 1.54) is 0 Å². The molecule has 24 heavy (non-hydrogen) atoms. The molecule has 0 bridgehead atoms. The average molecular weight is 358 g/mol. The highest BCUT2D eigenvalue weighted by Gasteiger charge is 2.08. The summed E-state index contributed by atoms with van der Waals surface area (Å²) < 4.78 is 0. The summed E-state index contributed by atoms with van der Waals surface area (Å²) in [4.78, 5) is 16.6. The molecular weight excluding hydrogens is 345 g/mol. The van der Waals surface area contributed by atoms with Gasteiger partial charge in [0.1, 0.15) is 5.82 Å². The lowest BCUT2D eigenvalue weighted by Gasteiger charge is -2.09. The topological polar surface area (TPSA) is 54.0 Å². The summed E-state index contributed by atoms with van der Waals surface area (Å²) >= 11 is 11.8. The molecule has 0 aliphatic carbocycles. The Morgan fingerprint density at radius 2 is 1.67 bits per heavy atom. The Balaban J connectivity index is 1.74. The highest BCUT2D eigenvalue weighted by atomic mass is 35.5. The van der Waals surface area contributed by atoms with E-state index in [-0.39, 0.29) is 5.91 Å². The second kappa shape index (κ2) is 7.34. The number of hydrogen-bond donors (Lipinski definition) is 2. The van der Waals surface area contributed by atoms with E-state index in [4.69, 9.17) is 23.2 Å². The second-order valence-electron chi connectivity index (χ2n) is 5.03. The van der Waals surface area contributed by atoms with Gasteiger partial charge in [-0.15, -0.1) is 0 Å². The normalized spacial score (nSPS) is 10.2. The zero-order valence-corrected chi connectivity index (χ0v) is 14.0. The fraction of sp³-hybridized carbons (Fsp3) is 0. The van der Waals surface area contributed by atoms with Gasteiger partial charge < -0.3 is 10.6 Å². The Morgan fingerprint density at radius 3 is 2.42 bits per heavy atom. The summed E-state index contributed by atoms with van der Waals surface area (Å²) in [5.41, 5.74) is 1.96. The van der Waals surface area contributed by atoms with Crippen molar-refractivity contribution in [3.05, 3.63) is 82.5 Å². The van der Waals surface area contributed by atoms with E-state index < -0.39 is 0 Å². The molecule has 0 saturated carbocycles. The van der Waals surface area contributed by atoms with Crippen LogP contribution in [0.3, 0.4) is 0 Å². The van der Waals surface area contributed by atoms with E-state index in [1.54, 1.807) is 54.7 Å². The number of hydrogen-bond acceptors (Lipinski definition) is 3. The number of amides is 1. The fourth-order valence-electron chi connectivity index (χ4n) is 2.09. The largest absolute Gasteiger partial charge is 0.340 e. The zero-order valence-electron chi connectivity index (χ0n) is 12.5. The number of carbonyl (C=O) groups is 1. The fourth-order valence-corrected chi connectivity index (χ4v) is 2.41. The molecule has 1 aromatic heterocycles. The molecular formula is C18H13Cl2N3O. The first kappa shape index (κ1) is 16.3. The van der Waals surface area contributed by atoms with Crippen molar-refractivity contribution < 1.29 is 4.79 Å². The van der Waals surface area contributed by atoms with Crippen LogP contribution in [0.15, 0.2) is 66.9 Å². The Morgan fingerprint density at radius 1 is 0.875 bits per heavy atom. The van der Waals surface area contributed by atoms with Gasteiger partial charge in [-0.25, -0.2) is 4.98 Å². The van der Waals surface area contributed by atoms with E-state index in [1.807, 2.05) is 12.1 Å².